The van der Waals surface area contributed by atoms with Gasteiger partial charge in [0.05, 0.1) is 4.90 Å². The van der Waals surface area contributed by atoms with Gasteiger partial charge in [0.25, 0.3) is 0 Å². The van der Waals surface area contributed by atoms with E-state index in [-0.39, 0.29) is 21.9 Å². The van der Waals surface area contributed by atoms with Crippen LogP contribution < -0.4 is 0 Å². The van der Waals surface area contributed by atoms with E-state index in [1.54, 1.807) is 0 Å². The van der Waals surface area contributed by atoms with Gasteiger partial charge in [-0.05, 0) is 43.4 Å². The first-order valence-corrected chi connectivity index (χ1v) is 9.35. The minimum atomic E-state index is -4.12. The van der Waals surface area contributed by atoms with Crippen LogP contribution in [-0.2, 0) is 14.8 Å². The summed E-state index contributed by atoms with van der Waals surface area (Å²) in [6.07, 6.45) is 3.61. The Balaban J connectivity index is 2.06. The molecule has 1 aliphatic carbocycles. The summed E-state index contributed by atoms with van der Waals surface area (Å²) in [5, 5.41) is 9.41. The number of hydrogen-bond acceptors (Lipinski definition) is 3. The molecule has 0 radical (unpaired) electrons. The van der Waals surface area contributed by atoms with Crippen molar-refractivity contribution in [3.63, 3.8) is 0 Å². The maximum Gasteiger partial charge on any atom is 0.322 e. The molecule has 1 saturated heterocycles. The molecule has 1 N–H and O–H groups in total. The first-order valence-electron chi connectivity index (χ1n) is 7.53. The van der Waals surface area contributed by atoms with E-state index in [9.17, 15) is 22.7 Å². The molecule has 0 spiro atoms. The van der Waals surface area contributed by atoms with E-state index in [2.05, 4.69) is 0 Å². The van der Waals surface area contributed by atoms with Gasteiger partial charge >= 0.3 is 5.97 Å². The maximum atomic E-state index is 13.6. The molecule has 3 unspecified atom stereocenters. The smallest absolute Gasteiger partial charge is 0.322 e. The zero-order valence-corrected chi connectivity index (χ0v) is 13.9. The average molecular weight is 362 g/mol. The second-order valence-electron chi connectivity index (χ2n) is 6.14. The van der Waals surface area contributed by atoms with Crippen LogP contribution in [0.1, 0.15) is 32.1 Å². The predicted molar refractivity (Wildman–Crippen MR) is 82.2 cm³/mol. The standard InChI is InChI=1S/C15H17ClFNO4S/c16-10-6-11(17)8-12(7-10)23(21,22)18-13-4-2-1-3-9(13)5-14(18)15(19)20/h6-9,13-14H,1-5H2,(H,19,20). The summed E-state index contributed by atoms with van der Waals surface area (Å²) in [6, 6.07) is 1.63. The lowest BCUT2D eigenvalue weighted by atomic mass is 9.85. The highest BCUT2D eigenvalue weighted by molar-refractivity contribution is 7.89. The maximum absolute atomic E-state index is 13.6. The summed E-state index contributed by atoms with van der Waals surface area (Å²) in [6.45, 7) is 0. The van der Waals surface area contributed by atoms with Crippen LogP contribution in [0, 0.1) is 11.7 Å². The molecule has 3 atom stereocenters. The van der Waals surface area contributed by atoms with E-state index < -0.39 is 27.9 Å². The summed E-state index contributed by atoms with van der Waals surface area (Å²) in [7, 11) is -4.12. The first-order chi connectivity index (χ1) is 10.8. The fourth-order valence-electron chi connectivity index (χ4n) is 3.77. The molecule has 1 heterocycles. The van der Waals surface area contributed by atoms with E-state index in [1.165, 1.54) is 0 Å². The number of fused-ring (bicyclic) bond motifs is 1. The number of nitrogens with zero attached hydrogens (tertiary/aromatic N) is 1. The highest BCUT2D eigenvalue weighted by Gasteiger charge is 2.51. The van der Waals surface area contributed by atoms with Crippen molar-refractivity contribution in [1.29, 1.82) is 0 Å². The van der Waals surface area contributed by atoms with Crippen LogP contribution in [0.3, 0.4) is 0 Å². The zero-order valence-electron chi connectivity index (χ0n) is 12.3. The van der Waals surface area contributed by atoms with Crippen molar-refractivity contribution >= 4 is 27.6 Å². The summed E-state index contributed by atoms with van der Waals surface area (Å²) in [5.74, 6) is -1.88. The van der Waals surface area contributed by atoms with Gasteiger partial charge in [0, 0.05) is 11.1 Å². The lowest BCUT2D eigenvalue weighted by molar-refractivity contribution is -0.141. The van der Waals surface area contributed by atoms with E-state index >= 15 is 0 Å². The number of rotatable bonds is 3. The molecule has 1 aromatic carbocycles. The third-order valence-corrected chi connectivity index (χ3v) is 6.86. The molecule has 0 bridgehead atoms. The molecule has 3 rings (SSSR count). The number of carboxylic acid groups (broad SMARTS) is 1. The molecular formula is C15H17ClFNO4S. The Bertz CT molecular complexity index is 719. The second kappa shape index (κ2) is 6.03. The Morgan fingerprint density at radius 2 is 1.96 bits per heavy atom. The quantitative estimate of drug-likeness (QED) is 0.898. The number of benzene rings is 1. The monoisotopic (exact) mass is 361 g/mol. The molecule has 23 heavy (non-hydrogen) atoms. The van der Waals surface area contributed by atoms with Crippen LogP contribution >= 0.6 is 11.6 Å². The van der Waals surface area contributed by atoms with Crippen molar-refractivity contribution in [2.45, 2.75) is 49.1 Å². The van der Waals surface area contributed by atoms with Crippen LogP contribution in [0.15, 0.2) is 23.1 Å². The number of hydrogen-bond donors (Lipinski definition) is 1. The van der Waals surface area contributed by atoms with Gasteiger partial charge in [-0.3, -0.25) is 4.79 Å². The molecule has 2 aliphatic rings. The number of carboxylic acids is 1. The molecule has 2 fully saturated rings. The molecular weight excluding hydrogens is 345 g/mol. The van der Waals surface area contributed by atoms with Crippen LogP contribution in [0.2, 0.25) is 5.02 Å². The third-order valence-electron chi connectivity index (χ3n) is 4.73. The fraction of sp³-hybridized carbons (Fsp3) is 0.533. The number of carbonyl (C=O) groups is 1. The molecule has 0 amide bonds. The Morgan fingerprint density at radius 3 is 2.61 bits per heavy atom. The van der Waals surface area contributed by atoms with E-state index in [1.807, 2.05) is 0 Å². The van der Waals surface area contributed by atoms with Crippen molar-refractivity contribution in [3.8, 4) is 0 Å². The van der Waals surface area contributed by atoms with Gasteiger partial charge in [0.2, 0.25) is 10.0 Å². The SMILES string of the molecule is O=C(O)C1CC2CCCCC2N1S(=O)(=O)c1cc(F)cc(Cl)c1. The van der Waals surface area contributed by atoms with E-state index in [0.29, 0.717) is 12.8 Å². The minimum absolute atomic E-state index is 0.0326. The predicted octanol–water partition coefficient (Wildman–Crippen LogP) is 2.89. The van der Waals surface area contributed by atoms with E-state index in [0.717, 1.165) is 41.8 Å². The molecule has 126 valence electrons. The number of halogens is 2. The number of sulfonamides is 1. The fourth-order valence-corrected chi connectivity index (χ4v) is 5.99. The lowest BCUT2D eigenvalue weighted by Gasteiger charge is -2.32. The molecule has 1 aromatic rings. The van der Waals surface area contributed by atoms with E-state index in [4.69, 9.17) is 11.6 Å². The molecule has 1 saturated carbocycles. The highest BCUT2D eigenvalue weighted by atomic mass is 35.5. The Kier molecular flexibility index (Phi) is 4.37. The second-order valence-corrected chi connectivity index (χ2v) is 8.42. The lowest BCUT2D eigenvalue weighted by Crippen LogP contribution is -2.46. The van der Waals surface area contributed by atoms with Crippen molar-refractivity contribution in [1.82, 2.24) is 4.31 Å². The average Bonchev–Trinajstić information content (AvgIpc) is 2.86. The van der Waals surface area contributed by atoms with Gasteiger partial charge in [-0.2, -0.15) is 4.31 Å². The third kappa shape index (κ3) is 2.97. The van der Waals surface area contributed by atoms with Gasteiger partial charge < -0.3 is 5.11 Å². The van der Waals surface area contributed by atoms with Crippen molar-refractivity contribution < 1.29 is 22.7 Å². The summed E-state index contributed by atoms with van der Waals surface area (Å²) in [4.78, 5) is 11.3. The minimum Gasteiger partial charge on any atom is -0.480 e. The van der Waals surface area contributed by atoms with Crippen LogP contribution in [0.25, 0.3) is 0 Å². The van der Waals surface area contributed by atoms with Crippen molar-refractivity contribution in [3.05, 3.63) is 29.0 Å². The van der Waals surface area contributed by atoms with Gasteiger partial charge in [-0.15, -0.1) is 0 Å². The van der Waals surface area contributed by atoms with Crippen LogP contribution in [0.4, 0.5) is 4.39 Å². The van der Waals surface area contributed by atoms with Crippen LogP contribution in [-0.4, -0.2) is 35.9 Å². The van der Waals surface area contributed by atoms with Gasteiger partial charge in [0.15, 0.2) is 0 Å². The van der Waals surface area contributed by atoms with Gasteiger partial charge in [-0.25, -0.2) is 12.8 Å². The Labute approximate surface area is 139 Å². The number of aliphatic carboxylic acids is 1. The molecule has 1 aliphatic heterocycles. The molecule has 8 heteroatoms. The van der Waals surface area contributed by atoms with Crippen molar-refractivity contribution in [2.24, 2.45) is 5.92 Å². The summed E-state index contributed by atoms with van der Waals surface area (Å²) in [5.41, 5.74) is 0. The molecule has 0 aromatic heterocycles. The Morgan fingerprint density at radius 1 is 1.26 bits per heavy atom. The van der Waals surface area contributed by atoms with Gasteiger partial charge in [-0.1, -0.05) is 24.4 Å². The first kappa shape index (κ1) is 16.7. The highest BCUT2D eigenvalue weighted by Crippen LogP contribution is 2.43. The largest absolute Gasteiger partial charge is 0.480 e. The topological polar surface area (TPSA) is 74.7 Å². The van der Waals surface area contributed by atoms with Gasteiger partial charge in [0.1, 0.15) is 11.9 Å². The van der Waals surface area contributed by atoms with Crippen LogP contribution in [0.5, 0.6) is 0 Å². The normalized spacial score (nSPS) is 28.5. The zero-order chi connectivity index (χ0) is 16.8. The van der Waals surface area contributed by atoms with Crippen molar-refractivity contribution in [2.75, 3.05) is 0 Å². The molecule has 5 nitrogen and oxygen atoms in total. The summed E-state index contributed by atoms with van der Waals surface area (Å²) < 4.78 is 40.5. The summed E-state index contributed by atoms with van der Waals surface area (Å²) >= 11 is 5.76. The Hall–Kier alpha value is -1.18.